The summed E-state index contributed by atoms with van der Waals surface area (Å²) in [5, 5.41) is 7.03. The summed E-state index contributed by atoms with van der Waals surface area (Å²) >= 11 is 0. The maximum atomic E-state index is 6.91. The van der Waals surface area contributed by atoms with E-state index in [1.807, 2.05) is 18.3 Å². The van der Waals surface area contributed by atoms with Gasteiger partial charge in [0.25, 0.3) is 0 Å². The molecule has 0 N–H and O–H groups in total. The number of ether oxygens (including phenoxy) is 1. The topological polar surface area (TPSA) is 40.1 Å². The third-order valence-electron chi connectivity index (χ3n) is 12.7. The minimum absolute atomic E-state index is 0. The molecule has 0 fully saturated rings. The van der Waals surface area contributed by atoms with Crippen LogP contribution in [0.4, 0.5) is 11.4 Å². The molecule has 4 bridgehead atoms. The van der Waals surface area contributed by atoms with Gasteiger partial charge < -0.3 is 23.3 Å². The number of aromatic nitrogens is 4. The van der Waals surface area contributed by atoms with Gasteiger partial charge in [0.1, 0.15) is 5.82 Å². The van der Waals surface area contributed by atoms with Crippen LogP contribution in [0.3, 0.4) is 0 Å². The number of pyridine rings is 1. The van der Waals surface area contributed by atoms with E-state index in [2.05, 4.69) is 215 Å². The molecule has 0 atom stereocenters. The van der Waals surface area contributed by atoms with Crippen molar-refractivity contribution < 1.29 is 25.8 Å². The summed E-state index contributed by atoms with van der Waals surface area (Å²) in [6, 6.07) is 70.1. The summed E-state index contributed by atoms with van der Waals surface area (Å²) in [5.41, 5.74) is 13.0. The smallest absolute Gasteiger partial charge is 0.135 e. The van der Waals surface area contributed by atoms with Gasteiger partial charge in [-0.3, -0.25) is 0 Å². The average molecular weight is 1020 g/mol. The molecule has 65 heavy (non-hydrogen) atoms. The Kier molecular flexibility index (Phi) is 9.22. The van der Waals surface area contributed by atoms with Crippen LogP contribution in [0.5, 0.6) is 11.5 Å². The Morgan fingerprint density at radius 1 is 0.600 bits per heavy atom. The summed E-state index contributed by atoms with van der Waals surface area (Å²) in [6.45, 7) is 6.71. The summed E-state index contributed by atoms with van der Waals surface area (Å²) in [5.74, 6) is 2.58. The molecule has 13 rings (SSSR count). The van der Waals surface area contributed by atoms with Gasteiger partial charge in [0.15, 0.2) is 0 Å². The molecule has 12 aromatic rings. The van der Waals surface area contributed by atoms with E-state index in [1.165, 1.54) is 32.5 Å². The molecular formula is C58H40N5OPt-3. The Bertz CT molecular complexity index is 3810. The van der Waals surface area contributed by atoms with E-state index in [4.69, 9.17) is 9.72 Å². The van der Waals surface area contributed by atoms with Gasteiger partial charge in [-0.15, -0.1) is 30.3 Å². The SMILES string of the molecule is CC(C)Cc1ccnc(-n2c3[c-]c(Oc4[c-]c(N5[CH-]n6c7cc(ccc75)c5cccc(c5)c5cccc(-c7ccccc7)c56)ccc4)cc4c3c3c2cccc3n4-c2ccccc2)c1.[Pt]. The maximum absolute atomic E-state index is 6.91. The van der Waals surface area contributed by atoms with Crippen LogP contribution >= 0.6 is 0 Å². The first-order valence-electron chi connectivity index (χ1n) is 21.9. The van der Waals surface area contributed by atoms with Crippen LogP contribution in [-0.4, -0.2) is 18.7 Å². The van der Waals surface area contributed by atoms with Crippen molar-refractivity contribution in [3.63, 3.8) is 0 Å². The zero-order valence-electron chi connectivity index (χ0n) is 35.6. The quantitative estimate of drug-likeness (QED) is 0.142. The second-order valence-corrected chi connectivity index (χ2v) is 17.3. The Balaban J connectivity index is 0.00000444. The number of hydrogen-bond acceptors (Lipinski definition) is 3. The summed E-state index contributed by atoms with van der Waals surface area (Å²) in [6.07, 6.45) is 2.90. The van der Waals surface area contributed by atoms with Crippen LogP contribution in [0.15, 0.2) is 182 Å². The zero-order valence-corrected chi connectivity index (χ0v) is 37.9. The van der Waals surface area contributed by atoms with Crippen molar-refractivity contribution in [2.24, 2.45) is 5.92 Å². The molecule has 5 heterocycles. The Morgan fingerprint density at radius 3 is 2.20 bits per heavy atom. The van der Waals surface area contributed by atoms with E-state index in [1.54, 1.807) is 0 Å². The number of para-hydroxylation sites is 2. The molecule has 7 heteroatoms. The first kappa shape index (κ1) is 39.1. The van der Waals surface area contributed by atoms with Crippen LogP contribution < -0.4 is 9.64 Å². The van der Waals surface area contributed by atoms with Crippen molar-refractivity contribution in [3.05, 3.63) is 206 Å². The van der Waals surface area contributed by atoms with E-state index in [-0.39, 0.29) is 21.1 Å². The van der Waals surface area contributed by atoms with Crippen molar-refractivity contribution in [2.45, 2.75) is 20.3 Å². The molecule has 0 saturated heterocycles. The summed E-state index contributed by atoms with van der Waals surface area (Å²) in [4.78, 5) is 7.18. The first-order chi connectivity index (χ1) is 31.5. The average Bonchev–Trinajstić information content (AvgIpc) is 4.00. The van der Waals surface area contributed by atoms with Crippen LogP contribution in [0.2, 0.25) is 0 Å². The second-order valence-electron chi connectivity index (χ2n) is 17.3. The number of rotatable bonds is 8. The number of fused-ring (bicyclic) bond motifs is 7. The third-order valence-corrected chi connectivity index (χ3v) is 12.7. The van der Waals surface area contributed by atoms with E-state index < -0.39 is 0 Å². The van der Waals surface area contributed by atoms with E-state index in [9.17, 15) is 0 Å². The second kappa shape index (κ2) is 15.3. The van der Waals surface area contributed by atoms with Crippen molar-refractivity contribution in [2.75, 3.05) is 4.90 Å². The molecule has 0 amide bonds. The fraction of sp³-hybridized carbons (Fsp3) is 0.0690. The number of nitrogens with zero attached hydrogens (tertiary/aromatic N) is 5. The van der Waals surface area contributed by atoms with E-state index in [0.717, 1.165) is 78.9 Å². The van der Waals surface area contributed by atoms with E-state index in [0.29, 0.717) is 17.4 Å². The standard InChI is InChI=1S/C58H40N5O.Pt/c1-37(2)29-38-27-28-59-55(30-38)63-51-24-12-23-50-56(51)57-53(62(50)43-17-7-4-8-18-43)34-46(35-54(57)63)64-45-20-10-19-44(33-45)60-36-61-52-32-41(25-26-49(52)60)40-15-9-16-42(31-40)48-22-11-21-47(58(48)61)39-13-5-3-6-14-39;/h3-28,30-32,34,36-37H,29H2,1-2H3;/q-3;. The third kappa shape index (κ3) is 6.27. The molecule has 0 saturated carbocycles. The summed E-state index contributed by atoms with van der Waals surface area (Å²) < 4.78 is 13.8. The normalized spacial score (nSPS) is 12.3. The molecule has 8 aromatic carbocycles. The largest absolute Gasteiger partial charge is 0.509 e. The van der Waals surface area contributed by atoms with Crippen LogP contribution in [-0.2, 0) is 27.5 Å². The van der Waals surface area contributed by atoms with Crippen molar-refractivity contribution in [1.82, 2.24) is 18.7 Å². The van der Waals surface area contributed by atoms with Crippen LogP contribution in [0, 0.1) is 24.7 Å². The van der Waals surface area contributed by atoms with E-state index >= 15 is 0 Å². The molecule has 316 valence electrons. The van der Waals surface area contributed by atoms with Gasteiger partial charge in [0.05, 0.1) is 0 Å². The Hall–Kier alpha value is -7.53. The van der Waals surface area contributed by atoms with Gasteiger partial charge in [-0.1, -0.05) is 134 Å². The molecule has 1 aliphatic heterocycles. The molecule has 0 unspecified atom stereocenters. The fourth-order valence-corrected chi connectivity index (χ4v) is 10.1. The molecule has 0 aliphatic carbocycles. The Labute approximate surface area is 390 Å². The predicted octanol–water partition coefficient (Wildman–Crippen LogP) is 14.8. The molecule has 1 aliphatic rings. The minimum atomic E-state index is 0. The Morgan fingerprint density at radius 2 is 1.35 bits per heavy atom. The monoisotopic (exact) mass is 1020 g/mol. The van der Waals surface area contributed by atoms with Crippen LogP contribution in [0.1, 0.15) is 19.4 Å². The molecule has 6 nitrogen and oxygen atoms in total. The van der Waals surface area contributed by atoms with Crippen molar-refractivity contribution in [3.8, 4) is 34.1 Å². The van der Waals surface area contributed by atoms with Gasteiger partial charge in [0.2, 0.25) is 0 Å². The van der Waals surface area contributed by atoms with Crippen molar-refractivity contribution in [1.29, 1.82) is 0 Å². The van der Waals surface area contributed by atoms with Gasteiger partial charge in [-0.2, -0.15) is 6.07 Å². The minimum Gasteiger partial charge on any atom is -0.509 e. The fourth-order valence-electron chi connectivity index (χ4n) is 10.1. The summed E-state index contributed by atoms with van der Waals surface area (Å²) in [7, 11) is 0. The zero-order chi connectivity index (χ0) is 42.5. The molecule has 0 radical (unpaired) electrons. The van der Waals surface area contributed by atoms with Gasteiger partial charge in [-0.05, 0) is 128 Å². The molecule has 4 aromatic heterocycles. The van der Waals surface area contributed by atoms with Gasteiger partial charge in [-0.25, -0.2) is 4.98 Å². The molecule has 0 spiro atoms. The number of hydrogen-bond donors (Lipinski definition) is 0. The number of anilines is 2. The van der Waals surface area contributed by atoms with Crippen molar-refractivity contribution >= 4 is 76.8 Å². The van der Waals surface area contributed by atoms with Gasteiger partial charge in [0, 0.05) is 61.2 Å². The predicted molar refractivity (Wildman–Crippen MR) is 262 cm³/mol. The molecular weight excluding hydrogens is 978 g/mol. The van der Waals surface area contributed by atoms with Crippen LogP contribution in [0.25, 0.3) is 88.0 Å². The number of benzene rings is 8. The maximum Gasteiger partial charge on any atom is 0.135 e. The van der Waals surface area contributed by atoms with Gasteiger partial charge >= 0.3 is 0 Å². The first-order valence-corrected chi connectivity index (χ1v) is 21.9.